The maximum atomic E-state index is 13.9. The van der Waals surface area contributed by atoms with Gasteiger partial charge in [0, 0.05) is 6.42 Å². The van der Waals surface area contributed by atoms with Gasteiger partial charge in [0.2, 0.25) is 5.82 Å². The molecular formula is C23H29FN3O9P. The number of benzene rings is 1. The van der Waals surface area contributed by atoms with Crippen LogP contribution in [0.5, 0.6) is 5.75 Å². The minimum absolute atomic E-state index is 0.116. The maximum Gasteiger partial charge on any atom is 0.460 e. The summed E-state index contributed by atoms with van der Waals surface area (Å²) >= 11 is 0. The second-order valence-corrected chi connectivity index (χ2v) is 11.0. The van der Waals surface area contributed by atoms with E-state index >= 15 is 0 Å². The Hall–Kier alpha value is -2.83. The molecule has 0 amide bonds. The molecule has 1 saturated carbocycles. The van der Waals surface area contributed by atoms with Crippen molar-refractivity contribution in [2.75, 3.05) is 0 Å². The van der Waals surface area contributed by atoms with E-state index in [2.05, 4.69) is 5.09 Å². The number of hydrogen-bond donors (Lipinski definition) is 3. The molecule has 1 aromatic carbocycles. The zero-order valence-corrected chi connectivity index (χ0v) is 21.4. The molecule has 1 aliphatic carbocycles. The van der Waals surface area contributed by atoms with Crippen molar-refractivity contribution in [1.82, 2.24) is 14.6 Å². The van der Waals surface area contributed by atoms with Gasteiger partial charge in [-0.15, -0.1) is 0 Å². The number of rotatable bonds is 10. The topological polar surface area (TPSA) is 158 Å². The molecule has 3 N–H and O–H groups in total. The zero-order chi connectivity index (χ0) is 27.0. The number of para-hydroxylation sites is 1. The summed E-state index contributed by atoms with van der Waals surface area (Å²) in [7, 11) is -4.27. The second-order valence-electron chi connectivity index (χ2n) is 9.35. The molecule has 2 heterocycles. The molecule has 1 aromatic heterocycles. The molecule has 4 rings (SSSR count). The summed E-state index contributed by atoms with van der Waals surface area (Å²) in [6, 6.07) is 7.11. The fourth-order valence-electron chi connectivity index (χ4n) is 4.08. The van der Waals surface area contributed by atoms with Gasteiger partial charge in [-0.2, -0.15) is 9.48 Å². The summed E-state index contributed by atoms with van der Waals surface area (Å²) in [5.74, 6) is -1.65. The Balaban J connectivity index is 1.57. The third kappa shape index (κ3) is 6.19. The quantitative estimate of drug-likeness (QED) is 0.300. The normalized spacial score (nSPS) is 24.9. The summed E-state index contributed by atoms with van der Waals surface area (Å²) < 4.78 is 51.3. The van der Waals surface area contributed by atoms with E-state index in [4.69, 9.17) is 18.5 Å². The number of aromatic nitrogens is 2. The van der Waals surface area contributed by atoms with Crippen LogP contribution in [0.15, 0.2) is 46.1 Å². The highest BCUT2D eigenvalue weighted by molar-refractivity contribution is 7.52. The predicted molar refractivity (Wildman–Crippen MR) is 127 cm³/mol. The number of hydrogen-bond acceptors (Lipinski definition) is 9. The summed E-state index contributed by atoms with van der Waals surface area (Å²) in [6.07, 6.45) is -2.52. The lowest BCUT2D eigenvalue weighted by Crippen LogP contribution is -2.42. The fourth-order valence-corrected chi connectivity index (χ4v) is 5.97. The number of aromatic amines is 1. The van der Waals surface area contributed by atoms with E-state index in [1.807, 2.05) is 4.98 Å². The average molecular weight is 541 g/mol. The van der Waals surface area contributed by atoms with Crippen LogP contribution in [0.2, 0.25) is 0 Å². The highest BCUT2D eigenvalue weighted by Gasteiger charge is 2.61. The number of esters is 1. The van der Waals surface area contributed by atoms with Gasteiger partial charge < -0.3 is 19.1 Å². The van der Waals surface area contributed by atoms with Crippen LogP contribution >= 0.6 is 7.75 Å². The Morgan fingerprint density at radius 3 is 2.57 bits per heavy atom. The van der Waals surface area contributed by atoms with E-state index in [0.29, 0.717) is 19.0 Å². The lowest BCUT2D eigenvalue weighted by molar-refractivity contribution is -0.149. The first-order chi connectivity index (χ1) is 17.4. The highest BCUT2D eigenvalue weighted by atomic mass is 31.2. The molecular weight excluding hydrogens is 512 g/mol. The Kier molecular flexibility index (Phi) is 7.72. The lowest BCUT2D eigenvalue weighted by atomic mass is 10.1. The highest BCUT2D eigenvalue weighted by Crippen LogP contribution is 2.59. The Labute approximate surface area is 211 Å². The number of carbonyl (C=O) groups is 1. The molecule has 1 unspecified atom stereocenters. The molecule has 2 aliphatic rings. The smallest absolute Gasteiger partial charge is 0.460 e. The molecule has 2 aromatic rings. The zero-order valence-electron chi connectivity index (χ0n) is 20.5. The van der Waals surface area contributed by atoms with Crippen molar-refractivity contribution in [2.45, 2.75) is 76.2 Å². The van der Waals surface area contributed by atoms with Crippen molar-refractivity contribution in [3.05, 3.63) is 63.2 Å². The van der Waals surface area contributed by atoms with Crippen molar-refractivity contribution in [3.8, 4) is 5.75 Å². The van der Waals surface area contributed by atoms with Gasteiger partial charge >= 0.3 is 19.4 Å². The monoisotopic (exact) mass is 541 g/mol. The van der Waals surface area contributed by atoms with Crippen molar-refractivity contribution < 1.29 is 37.4 Å². The van der Waals surface area contributed by atoms with Crippen molar-refractivity contribution in [2.24, 2.45) is 0 Å². The Morgan fingerprint density at radius 1 is 1.27 bits per heavy atom. The molecule has 1 saturated heterocycles. The lowest BCUT2D eigenvalue weighted by Gasteiger charge is -2.31. The first-order valence-corrected chi connectivity index (χ1v) is 13.3. The van der Waals surface area contributed by atoms with Crippen LogP contribution in [0, 0.1) is 5.82 Å². The largest absolute Gasteiger partial charge is 0.462 e. The maximum absolute atomic E-state index is 13.9. The molecule has 1 aliphatic heterocycles. The molecule has 14 heteroatoms. The van der Waals surface area contributed by atoms with Crippen LogP contribution in [0.4, 0.5) is 4.39 Å². The van der Waals surface area contributed by atoms with E-state index in [1.165, 1.54) is 6.92 Å². The first-order valence-electron chi connectivity index (χ1n) is 11.8. The van der Waals surface area contributed by atoms with Gasteiger partial charge in [0.15, 0.2) is 0 Å². The summed E-state index contributed by atoms with van der Waals surface area (Å²) in [5, 5.41) is 13.4. The van der Waals surface area contributed by atoms with Gasteiger partial charge in [0.05, 0.1) is 18.4 Å². The van der Waals surface area contributed by atoms with Crippen LogP contribution in [-0.4, -0.2) is 50.6 Å². The van der Waals surface area contributed by atoms with Crippen LogP contribution in [0.1, 0.15) is 46.3 Å². The van der Waals surface area contributed by atoms with Crippen molar-refractivity contribution >= 4 is 13.7 Å². The van der Waals surface area contributed by atoms with Gasteiger partial charge in [-0.1, -0.05) is 18.2 Å². The number of aliphatic hydroxyl groups excluding tert-OH is 1. The van der Waals surface area contributed by atoms with Gasteiger partial charge in [-0.3, -0.25) is 23.7 Å². The van der Waals surface area contributed by atoms with E-state index < -0.39 is 67.0 Å². The number of halogens is 1. The van der Waals surface area contributed by atoms with E-state index in [1.54, 1.807) is 44.2 Å². The molecule has 0 bridgehead atoms. The Bertz CT molecular complexity index is 1290. The van der Waals surface area contributed by atoms with Crippen LogP contribution < -0.4 is 20.9 Å². The molecule has 0 radical (unpaired) electrons. The third-order valence-electron chi connectivity index (χ3n) is 5.92. The third-order valence-corrected chi connectivity index (χ3v) is 7.68. The van der Waals surface area contributed by atoms with E-state index in [0.717, 1.165) is 4.57 Å². The minimum atomic E-state index is -4.27. The summed E-state index contributed by atoms with van der Waals surface area (Å²) in [6.45, 7) is 4.80. The number of nitrogens with zero attached hydrogens (tertiary/aromatic N) is 1. The second kappa shape index (κ2) is 10.5. The number of nitrogens with one attached hydrogen (secondary N) is 2. The minimum Gasteiger partial charge on any atom is -0.462 e. The van der Waals surface area contributed by atoms with Gasteiger partial charge in [-0.05, 0) is 45.7 Å². The first kappa shape index (κ1) is 27.2. The molecule has 202 valence electrons. The van der Waals surface area contributed by atoms with E-state index in [9.17, 15) is 28.4 Å². The number of aliphatic hydroxyl groups is 1. The van der Waals surface area contributed by atoms with Gasteiger partial charge in [0.25, 0.3) is 5.56 Å². The van der Waals surface area contributed by atoms with E-state index in [-0.39, 0.29) is 12.2 Å². The molecule has 0 spiro atoms. The summed E-state index contributed by atoms with van der Waals surface area (Å²) in [5.41, 5.74) is -3.36. The predicted octanol–water partition coefficient (Wildman–Crippen LogP) is 1.99. The van der Waals surface area contributed by atoms with Gasteiger partial charge in [-0.25, -0.2) is 9.36 Å². The van der Waals surface area contributed by atoms with Crippen molar-refractivity contribution in [1.29, 1.82) is 0 Å². The SMILES string of the molecule is CC(C)OC(=O)[C@H](C)N[P@@](=O)(Oc1ccccc1)OC1([C@H]2O[C@@H](n3cc(F)c(=O)[nH]c3=O)CC2O)CC1. The molecule has 12 nitrogen and oxygen atoms in total. The van der Waals surface area contributed by atoms with Crippen LogP contribution in [0.25, 0.3) is 0 Å². The van der Waals surface area contributed by atoms with Gasteiger partial charge in [0.1, 0.15) is 29.7 Å². The number of ether oxygens (including phenoxy) is 2. The Morgan fingerprint density at radius 2 is 1.95 bits per heavy atom. The summed E-state index contributed by atoms with van der Waals surface area (Å²) in [4.78, 5) is 37.8. The molecule has 37 heavy (non-hydrogen) atoms. The number of H-pyrrole nitrogens is 1. The van der Waals surface area contributed by atoms with Crippen LogP contribution in [0.3, 0.4) is 0 Å². The fraction of sp³-hybridized carbons (Fsp3) is 0.522. The standard InChI is InChI=1S/C23H29FN3O9P/c1-13(2)33-21(30)14(3)26-37(32,35-15-7-5-4-6-8-15)36-23(9-10-23)19-17(28)11-18(34-19)27-12-16(24)20(29)25-22(27)31/h4-8,12-14,17-19,28H,9-11H2,1-3H3,(H,26,32)(H,25,29,31)/t14-,17?,18+,19-,37+/m0/s1. The van der Waals surface area contributed by atoms with Crippen molar-refractivity contribution in [3.63, 3.8) is 0 Å². The van der Waals surface area contributed by atoms with Crippen LogP contribution in [-0.2, 0) is 23.4 Å². The average Bonchev–Trinajstić information content (AvgIpc) is 3.47. The molecule has 5 atom stereocenters. The molecule has 2 fully saturated rings. The number of carbonyl (C=O) groups excluding carboxylic acids is 1.